The van der Waals surface area contributed by atoms with Crippen LogP contribution in [0, 0.1) is 19.8 Å². The quantitative estimate of drug-likeness (QED) is 0.214. The molecule has 1 aliphatic rings. The molecule has 3 aromatic carbocycles. The molecule has 0 radical (unpaired) electrons. The van der Waals surface area contributed by atoms with Crippen LogP contribution < -0.4 is 15.6 Å². The second-order valence-electron chi connectivity index (χ2n) is 15.2. The van der Waals surface area contributed by atoms with Gasteiger partial charge in [0.1, 0.15) is 0 Å². The number of benzene rings is 3. The summed E-state index contributed by atoms with van der Waals surface area (Å²) in [5.41, 5.74) is 15.5. The standard InChI is InChI=1S/C39H56Si3/c1-14-30-19-31(15-2)21-32(20-30)37-28(6)27(5)29(7)38(37)39(33-17-25(3)16-26(4)18-33)40-34-22-35(41(8,9)10)24-36(23-34)42(11,12)13/h16-24,38-39H,14-15,40H2,1-13H3. The Balaban J connectivity index is 1.97. The molecule has 0 bridgehead atoms. The Morgan fingerprint density at radius 3 is 1.57 bits per heavy atom. The van der Waals surface area contributed by atoms with E-state index in [9.17, 15) is 0 Å². The zero-order valence-electron chi connectivity index (χ0n) is 29.0. The van der Waals surface area contributed by atoms with Gasteiger partial charge in [-0.05, 0) is 92.0 Å². The van der Waals surface area contributed by atoms with Crippen molar-refractivity contribution in [2.45, 2.75) is 106 Å². The molecule has 0 fully saturated rings. The minimum Gasteiger partial charge on any atom is -0.0665 e. The second-order valence-corrected chi connectivity index (χ2v) is 27.5. The molecule has 3 aromatic rings. The first-order valence-electron chi connectivity index (χ1n) is 16.3. The van der Waals surface area contributed by atoms with Crippen molar-refractivity contribution < 1.29 is 0 Å². The highest BCUT2D eigenvalue weighted by atomic mass is 28.3. The smallest absolute Gasteiger partial charge is 0.0665 e. The number of rotatable bonds is 9. The van der Waals surface area contributed by atoms with Crippen molar-refractivity contribution in [3.63, 3.8) is 0 Å². The minimum atomic E-state index is -1.45. The van der Waals surface area contributed by atoms with E-state index in [1.165, 1.54) is 39.0 Å². The topological polar surface area (TPSA) is 0 Å². The second kappa shape index (κ2) is 12.4. The SMILES string of the molecule is CCc1cc(CC)cc(C2=C(C)C(C)=C(C)C2C([SiH2]c2cc([Si](C)(C)C)cc([Si](C)(C)C)c2)c2cc(C)cc(C)c2)c1. The van der Waals surface area contributed by atoms with Crippen LogP contribution >= 0.6 is 0 Å². The lowest BCUT2D eigenvalue weighted by Gasteiger charge is -2.31. The third-order valence-corrected chi connectivity index (χ3v) is 16.1. The van der Waals surface area contributed by atoms with Gasteiger partial charge in [0.2, 0.25) is 0 Å². The molecule has 0 N–H and O–H groups in total. The van der Waals surface area contributed by atoms with Gasteiger partial charge in [0, 0.05) is 5.92 Å². The van der Waals surface area contributed by atoms with Crippen molar-refractivity contribution in [1.82, 2.24) is 0 Å². The lowest BCUT2D eigenvalue weighted by atomic mass is 9.83. The summed E-state index contributed by atoms with van der Waals surface area (Å²) >= 11 is 0. The Labute approximate surface area is 262 Å². The largest absolute Gasteiger partial charge is 0.0775 e. The van der Waals surface area contributed by atoms with Gasteiger partial charge in [-0.2, -0.15) is 0 Å². The molecular formula is C39H56Si3. The van der Waals surface area contributed by atoms with Gasteiger partial charge in [0.15, 0.2) is 0 Å². The van der Waals surface area contributed by atoms with Gasteiger partial charge in [-0.25, -0.2) is 0 Å². The van der Waals surface area contributed by atoms with Crippen molar-refractivity contribution >= 4 is 46.8 Å². The molecule has 224 valence electrons. The summed E-state index contributed by atoms with van der Waals surface area (Å²) < 4.78 is 0. The van der Waals surface area contributed by atoms with Crippen LogP contribution in [0.4, 0.5) is 0 Å². The van der Waals surface area contributed by atoms with Crippen LogP contribution in [0.3, 0.4) is 0 Å². The number of allylic oxidation sites excluding steroid dienone is 4. The average Bonchev–Trinajstić information content (AvgIpc) is 3.13. The number of hydrogen-bond acceptors (Lipinski definition) is 0. The van der Waals surface area contributed by atoms with Crippen LogP contribution in [-0.4, -0.2) is 25.7 Å². The lowest BCUT2D eigenvalue weighted by molar-refractivity contribution is 0.743. The number of aryl methyl sites for hydroxylation is 4. The van der Waals surface area contributed by atoms with Gasteiger partial charge >= 0.3 is 0 Å². The predicted octanol–water partition coefficient (Wildman–Crippen LogP) is 8.49. The Bertz CT molecular complexity index is 1460. The van der Waals surface area contributed by atoms with Crippen molar-refractivity contribution in [3.8, 4) is 0 Å². The van der Waals surface area contributed by atoms with Gasteiger partial charge in [0.05, 0.1) is 25.7 Å². The Morgan fingerprint density at radius 1 is 0.619 bits per heavy atom. The first-order valence-corrected chi connectivity index (χ1v) is 24.8. The first kappa shape index (κ1) is 32.7. The molecule has 42 heavy (non-hydrogen) atoms. The third-order valence-electron chi connectivity index (χ3n) is 9.77. The van der Waals surface area contributed by atoms with Crippen LogP contribution in [0.5, 0.6) is 0 Å². The fourth-order valence-corrected chi connectivity index (χ4v) is 12.4. The normalized spacial score (nSPS) is 17.2. The molecule has 4 rings (SSSR count). The molecule has 1 aliphatic carbocycles. The molecule has 2 unspecified atom stereocenters. The van der Waals surface area contributed by atoms with E-state index in [-0.39, 0.29) is 0 Å². The fourth-order valence-electron chi connectivity index (χ4n) is 6.99. The third kappa shape index (κ3) is 6.95. The van der Waals surface area contributed by atoms with E-state index in [0.717, 1.165) is 12.8 Å². The Kier molecular flexibility index (Phi) is 9.67. The molecule has 0 nitrogen and oxygen atoms in total. The van der Waals surface area contributed by atoms with Gasteiger partial charge in [0.25, 0.3) is 0 Å². The summed E-state index contributed by atoms with van der Waals surface area (Å²) in [7, 11) is -3.59. The highest BCUT2D eigenvalue weighted by Crippen LogP contribution is 2.49. The molecule has 0 heterocycles. The molecule has 0 saturated heterocycles. The van der Waals surface area contributed by atoms with Gasteiger partial charge in [-0.15, -0.1) is 0 Å². The Morgan fingerprint density at radius 2 is 1.12 bits per heavy atom. The van der Waals surface area contributed by atoms with Gasteiger partial charge in [-0.1, -0.05) is 140 Å². The predicted molar refractivity (Wildman–Crippen MR) is 199 cm³/mol. The van der Waals surface area contributed by atoms with Crippen molar-refractivity contribution in [2.75, 3.05) is 0 Å². The molecule has 2 atom stereocenters. The molecule has 0 aliphatic heterocycles. The summed E-state index contributed by atoms with van der Waals surface area (Å²) in [5, 5.41) is 4.96. The van der Waals surface area contributed by atoms with Gasteiger partial charge < -0.3 is 0 Å². The van der Waals surface area contributed by atoms with Gasteiger partial charge in [-0.3, -0.25) is 0 Å². The molecule has 3 heteroatoms. The van der Waals surface area contributed by atoms with Crippen LogP contribution in [-0.2, 0) is 12.8 Å². The summed E-state index contributed by atoms with van der Waals surface area (Å²) in [4.78, 5) is 0. The summed E-state index contributed by atoms with van der Waals surface area (Å²) in [6.45, 7) is 31.5. The van der Waals surface area contributed by atoms with E-state index < -0.39 is 25.7 Å². The van der Waals surface area contributed by atoms with Crippen LogP contribution in [0.25, 0.3) is 5.57 Å². The molecular weight excluding hydrogens is 553 g/mol. The van der Waals surface area contributed by atoms with Crippen molar-refractivity contribution in [3.05, 3.63) is 105 Å². The van der Waals surface area contributed by atoms with E-state index in [2.05, 4.69) is 142 Å². The lowest BCUT2D eigenvalue weighted by Crippen LogP contribution is -2.48. The Hall–Kier alpha value is -2.21. The molecule has 0 saturated carbocycles. The van der Waals surface area contributed by atoms with E-state index in [1.807, 2.05) is 0 Å². The molecule has 0 spiro atoms. The maximum atomic E-state index is 2.65. The zero-order chi connectivity index (χ0) is 31.1. The first-order chi connectivity index (χ1) is 19.5. The highest BCUT2D eigenvalue weighted by molar-refractivity contribution is 6.92. The average molecular weight is 609 g/mol. The maximum absolute atomic E-state index is 2.65. The van der Waals surface area contributed by atoms with E-state index in [0.29, 0.717) is 11.5 Å². The molecule has 0 amide bonds. The maximum Gasteiger partial charge on any atom is 0.0775 e. The van der Waals surface area contributed by atoms with E-state index in [1.54, 1.807) is 32.3 Å². The van der Waals surface area contributed by atoms with E-state index >= 15 is 0 Å². The summed E-state index contributed by atoms with van der Waals surface area (Å²) in [6.07, 6.45) is 2.17. The van der Waals surface area contributed by atoms with Crippen molar-refractivity contribution in [1.29, 1.82) is 0 Å². The van der Waals surface area contributed by atoms with E-state index in [4.69, 9.17) is 0 Å². The van der Waals surface area contributed by atoms with Crippen molar-refractivity contribution in [2.24, 2.45) is 5.92 Å². The molecule has 0 aromatic heterocycles. The van der Waals surface area contributed by atoms with Crippen LogP contribution in [0.2, 0.25) is 39.3 Å². The minimum absolute atomic E-state index is 0.431. The fraction of sp³-hybridized carbons (Fsp3) is 0.436. The van der Waals surface area contributed by atoms with Crippen LogP contribution in [0.1, 0.15) is 73.5 Å². The monoisotopic (exact) mass is 608 g/mol. The van der Waals surface area contributed by atoms with Crippen LogP contribution in [0.15, 0.2) is 71.3 Å². The summed E-state index contributed by atoms with van der Waals surface area (Å²) in [6, 6.07) is 22.7. The summed E-state index contributed by atoms with van der Waals surface area (Å²) in [5.74, 6) is 0.431. The number of hydrogen-bond donors (Lipinski definition) is 0. The highest BCUT2D eigenvalue weighted by Gasteiger charge is 2.36. The zero-order valence-corrected chi connectivity index (χ0v) is 32.4.